The fraction of sp³-hybridized carbons (Fsp3) is 0.778. The van der Waals surface area contributed by atoms with E-state index in [4.69, 9.17) is 15.1 Å². The van der Waals surface area contributed by atoms with Gasteiger partial charge in [-0.05, 0) is 19.3 Å². The predicted molar refractivity (Wildman–Crippen MR) is 49.2 cm³/mol. The standard InChI is InChI=1S/C9H15NO5.Y/c1-15-5-2-3-6(9(12)13)7(4-5)8(11)10-14;/h5-7,14H,2-4H2,1H3,(H,10,11)(H,12,13);/t5?,6-,7?;/m0./s1. The first kappa shape index (κ1) is 16.0. The van der Waals surface area contributed by atoms with Gasteiger partial charge in [-0.15, -0.1) is 0 Å². The number of carboxylic acid groups (broad SMARTS) is 1. The van der Waals surface area contributed by atoms with E-state index in [0.29, 0.717) is 19.3 Å². The molecule has 1 radical (unpaired) electrons. The number of carbonyl (C=O) groups is 2. The molecule has 1 fully saturated rings. The maximum absolute atomic E-state index is 11.3. The number of hydrogen-bond acceptors (Lipinski definition) is 4. The zero-order valence-electron chi connectivity index (χ0n) is 9.05. The van der Waals surface area contributed by atoms with Crippen LogP contribution < -0.4 is 5.48 Å². The molecular weight excluding hydrogens is 291 g/mol. The van der Waals surface area contributed by atoms with Gasteiger partial charge in [0, 0.05) is 39.8 Å². The van der Waals surface area contributed by atoms with E-state index in [1.54, 1.807) is 0 Å². The molecule has 0 aliphatic heterocycles. The molecule has 0 aromatic heterocycles. The van der Waals surface area contributed by atoms with Crippen molar-refractivity contribution in [2.24, 2.45) is 11.8 Å². The van der Waals surface area contributed by atoms with Crippen LogP contribution in [0.25, 0.3) is 0 Å². The second-order valence-corrected chi connectivity index (χ2v) is 3.70. The molecule has 0 aromatic carbocycles. The Kier molecular flexibility index (Phi) is 7.30. The first-order chi connectivity index (χ1) is 7.10. The van der Waals surface area contributed by atoms with Crippen molar-refractivity contribution in [1.82, 2.24) is 5.48 Å². The second-order valence-electron chi connectivity index (χ2n) is 3.70. The Balaban J connectivity index is 0.00000225. The van der Waals surface area contributed by atoms with Gasteiger partial charge < -0.3 is 9.84 Å². The van der Waals surface area contributed by atoms with Gasteiger partial charge in [-0.3, -0.25) is 14.8 Å². The van der Waals surface area contributed by atoms with Crippen LogP contribution in [-0.4, -0.2) is 35.4 Å². The molecule has 0 spiro atoms. The number of aliphatic carboxylic acids is 1. The predicted octanol–water partition coefficient (Wildman–Crippen LogP) is 0.00520. The van der Waals surface area contributed by atoms with E-state index in [1.807, 2.05) is 0 Å². The normalized spacial score (nSPS) is 29.0. The number of hydroxylamine groups is 1. The topological polar surface area (TPSA) is 95.9 Å². The van der Waals surface area contributed by atoms with E-state index < -0.39 is 23.7 Å². The zero-order valence-corrected chi connectivity index (χ0v) is 11.9. The SMILES string of the molecule is COC1CC[C@H](C(=O)O)C(C(=O)NO)C1.[Y]. The van der Waals surface area contributed by atoms with Crippen LogP contribution in [0.4, 0.5) is 0 Å². The van der Waals surface area contributed by atoms with Gasteiger partial charge in [-0.2, -0.15) is 0 Å². The molecule has 0 heterocycles. The van der Waals surface area contributed by atoms with Crippen molar-refractivity contribution in [2.45, 2.75) is 25.4 Å². The van der Waals surface area contributed by atoms with Gasteiger partial charge >= 0.3 is 5.97 Å². The van der Waals surface area contributed by atoms with Crippen LogP contribution in [0.5, 0.6) is 0 Å². The van der Waals surface area contributed by atoms with E-state index in [-0.39, 0.29) is 38.8 Å². The number of hydrogen-bond donors (Lipinski definition) is 3. The molecule has 0 aromatic rings. The van der Waals surface area contributed by atoms with Crippen LogP contribution in [0.1, 0.15) is 19.3 Å². The molecule has 1 aliphatic rings. The number of ether oxygens (including phenoxy) is 1. The van der Waals surface area contributed by atoms with Gasteiger partial charge in [0.2, 0.25) is 5.91 Å². The van der Waals surface area contributed by atoms with Crippen molar-refractivity contribution in [3.8, 4) is 0 Å². The first-order valence-corrected chi connectivity index (χ1v) is 4.79. The van der Waals surface area contributed by atoms with Gasteiger partial charge in [-0.25, -0.2) is 5.48 Å². The Morgan fingerprint density at radius 2 is 1.94 bits per heavy atom. The molecule has 2 unspecified atom stereocenters. The maximum Gasteiger partial charge on any atom is 0.307 e. The largest absolute Gasteiger partial charge is 0.481 e. The number of carbonyl (C=O) groups excluding carboxylic acids is 1. The van der Waals surface area contributed by atoms with Gasteiger partial charge in [0.25, 0.3) is 0 Å². The zero-order chi connectivity index (χ0) is 11.4. The summed E-state index contributed by atoms with van der Waals surface area (Å²) in [6, 6.07) is 0. The van der Waals surface area contributed by atoms with Crippen molar-refractivity contribution in [3.63, 3.8) is 0 Å². The van der Waals surface area contributed by atoms with E-state index in [2.05, 4.69) is 0 Å². The number of amides is 1. The molecule has 3 N–H and O–H groups in total. The second kappa shape index (κ2) is 7.32. The van der Waals surface area contributed by atoms with Crippen molar-refractivity contribution in [3.05, 3.63) is 0 Å². The van der Waals surface area contributed by atoms with Crippen molar-refractivity contribution >= 4 is 11.9 Å². The number of carboxylic acids is 1. The minimum Gasteiger partial charge on any atom is -0.481 e. The van der Waals surface area contributed by atoms with Crippen molar-refractivity contribution in [1.29, 1.82) is 0 Å². The summed E-state index contributed by atoms with van der Waals surface area (Å²) in [5.74, 6) is -3.10. The number of methoxy groups -OCH3 is 1. The Morgan fingerprint density at radius 3 is 2.38 bits per heavy atom. The minimum absolute atomic E-state index is 0. The van der Waals surface area contributed by atoms with Crippen LogP contribution >= 0.6 is 0 Å². The summed E-state index contributed by atoms with van der Waals surface area (Å²) in [5, 5.41) is 17.4. The summed E-state index contributed by atoms with van der Waals surface area (Å²) in [4.78, 5) is 22.1. The Labute approximate surface area is 119 Å². The van der Waals surface area contributed by atoms with Gasteiger partial charge in [-0.1, -0.05) is 0 Å². The van der Waals surface area contributed by atoms with E-state index in [1.165, 1.54) is 12.6 Å². The molecule has 1 saturated carbocycles. The minimum atomic E-state index is -1.00. The van der Waals surface area contributed by atoms with Crippen molar-refractivity contribution in [2.75, 3.05) is 7.11 Å². The third-order valence-electron chi connectivity index (χ3n) is 2.90. The summed E-state index contributed by atoms with van der Waals surface area (Å²) < 4.78 is 5.09. The molecule has 0 saturated heterocycles. The molecular formula is C9H15NO5Y. The van der Waals surface area contributed by atoms with Crippen LogP contribution in [0, 0.1) is 11.8 Å². The summed E-state index contributed by atoms with van der Waals surface area (Å²) in [6.07, 6.45) is 1.25. The van der Waals surface area contributed by atoms with E-state index >= 15 is 0 Å². The average molecular weight is 306 g/mol. The molecule has 1 rings (SSSR count). The summed E-state index contributed by atoms with van der Waals surface area (Å²) in [6.45, 7) is 0. The quantitative estimate of drug-likeness (QED) is 0.504. The van der Waals surface area contributed by atoms with Crippen LogP contribution in [0.2, 0.25) is 0 Å². The average Bonchev–Trinajstić information content (AvgIpc) is 2.26. The molecule has 89 valence electrons. The van der Waals surface area contributed by atoms with E-state index in [9.17, 15) is 9.59 Å². The number of nitrogens with one attached hydrogen (secondary N) is 1. The third-order valence-corrected chi connectivity index (χ3v) is 2.90. The Morgan fingerprint density at radius 1 is 1.31 bits per heavy atom. The molecule has 1 amide bonds. The molecule has 16 heavy (non-hydrogen) atoms. The summed E-state index contributed by atoms with van der Waals surface area (Å²) >= 11 is 0. The third kappa shape index (κ3) is 3.77. The van der Waals surface area contributed by atoms with Gasteiger partial charge in [0.05, 0.1) is 17.9 Å². The first-order valence-electron chi connectivity index (χ1n) is 4.79. The molecule has 7 heteroatoms. The van der Waals surface area contributed by atoms with Gasteiger partial charge in [0.1, 0.15) is 0 Å². The van der Waals surface area contributed by atoms with Crippen LogP contribution in [0.15, 0.2) is 0 Å². The number of rotatable bonds is 3. The van der Waals surface area contributed by atoms with Crippen LogP contribution in [-0.2, 0) is 47.0 Å². The molecule has 3 atom stereocenters. The smallest absolute Gasteiger partial charge is 0.307 e. The fourth-order valence-electron chi connectivity index (χ4n) is 2.01. The molecule has 0 bridgehead atoms. The monoisotopic (exact) mass is 306 g/mol. The maximum atomic E-state index is 11.3. The molecule has 1 aliphatic carbocycles. The van der Waals surface area contributed by atoms with Crippen molar-refractivity contribution < 1.29 is 57.3 Å². The fourth-order valence-corrected chi connectivity index (χ4v) is 2.01. The summed E-state index contributed by atoms with van der Waals surface area (Å²) in [7, 11) is 1.53. The van der Waals surface area contributed by atoms with Gasteiger partial charge in [0.15, 0.2) is 0 Å². The summed E-state index contributed by atoms with van der Waals surface area (Å²) in [5.41, 5.74) is 1.51. The van der Waals surface area contributed by atoms with E-state index in [0.717, 1.165) is 0 Å². The molecule has 6 nitrogen and oxygen atoms in total. The van der Waals surface area contributed by atoms with Crippen LogP contribution in [0.3, 0.4) is 0 Å². The Hall–Kier alpha value is -0.0361. The Bertz CT molecular complexity index is 260.